The van der Waals surface area contributed by atoms with Crippen LogP contribution in [0.2, 0.25) is 15.1 Å². The number of nitrogens with zero attached hydrogens (tertiary/aromatic N) is 6. The van der Waals surface area contributed by atoms with Crippen molar-refractivity contribution < 1.29 is 14.2 Å². The van der Waals surface area contributed by atoms with Crippen LogP contribution in [0.1, 0.15) is 11.6 Å². The Bertz CT molecular complexity index is 1440. The zero-order chi connectivity index (χ0) is 26.5. The third-order valence-electron chi connectivity index (χ3n) is 5.34. The predicted molar refractivity (Wildman–Crippen MR) is 145 cm³/mol. The molecule has 0 aliphatic heterocycles. The van der Waals surface area contributed by atoms with Gasteiger partial charge in [-0.1, -0.05) is 34.8 Å². The van der Waals surface area contributed by atoms with Crippen molar-refractivity contribution >= 4 is 52.0 Å². The van der Waals surface area contributed by atoms with E-state index in [2.05, 4.69) is 25.7 Å². The second kappa shape index (κ2) is 11.6. The summed E-state index contributed by atoms with van der Waals surface area (Å²) in [7, 11) is 5.02. The average Bonchev–Trinajstić information content (AvgIpc) is 3.18. The first-order valence-electron chi connectivity index (χ1n) is 10.9. The molecule has 12 heteroatoms. The molecule has 4 aromatic rings. The molecule has 0 saturated heterocycles. The number of amidine groups is 1. The maximum Gasteiger partial charge on any atom is 0.331 e. The third-order valence-corrected chi connectivity index (χ3v) is 6.14. The van der Waals surface area contributed by atoms with Gasteiger partial charge in [0.1, 0.15) is 24.2 Å². The molecule has 0 unspecified atom stereocenters. The highest BCUT2D eigenvalue weighted by Crippen LogP contribution is 2.32. The second-order valence-corrected chi connectivity index (χ2v) is 8.96. The molecule has 0 radical (unpaired) electrons. The van der Waals surface area contributed by atoms with Gasteiger partial charge < -0.3 is 9.47 Å². The number of halogens is 3. The number of aryl methyl sites for hydroxylation is 1. The summed E-state index contributed by atoms with van der Waals surface area (Å²) in [5.41, 5.74) is 4.78. The van der Waals surface area contributed by atoms with Gasteiger partial charge in [-0.25, -0.2) is 0 Å². The molecule has 3 aromatic carbocycles. The summed E-state index contributed by atoms with van der Waals surface area (Å²) in [4.78, 5) is 4.68. The Morgan fingerprint density at radius 2 is 1.49 bits per heavy atom. The molecule has 0 aliphatic rings. The van der Waals surface area contributed by atoms with Crippen LogP contribution in [-0.4, -0.2) is 29.7 Å². The fourth-order valence-electron chi connectivity index (χ4n) is 3.35. The van der Waals surface area contributed by atoms with Gasteiger partial charge in [0.05, 0.1) is 35.6 Å². The van der Waals surface area contributed by atoms with Gasteiger partial charge in [0.2, 0.25) is 0 Å². The van der Waals surface area contributed by atoms with Crippen LogP contribution in [0, 0.1) is 6.92 Å². The first-order chi connectivity index (χ1) is 17.8. The number of hydrogen-bond donors (Lipinski definition) is 1. The van der Waals surface area contributed by atoms with E-state index in [0.29, 0.717) is 49.5 Å². The van der Waals surface area contributed by atoms with Crippen molar-refractivity contribution in [2.75, 3.05) is 19.6 Å². The number of azo groups is 1. The number of ether oxygens (including phenoxy) is 2. The fraction of sp³-hybridized carbons (Fsp3) is 0.160. The van der Waals surface area contributed by atoms with E-state index in [9.17, 15) is 0 Å². The van der Waals surface area contributed by atoms with Crippen molar-refractivity contribution in [3.63, 3.8) is 0 Å². The van der Waals surface area contributed by atoms with Crippen LogP contribution < -0.4 is 19.6 Å². The van der Waals surface area contributed by atoms with Crippen LogP contribution >= 0.6 is 34.8 Å². The van der Waals surface area contributed by atoms with Gasteiger partial charge in [-0.15, -0.1) is 20.0 Å². The summed E-state index contributed by atoms with van der Waals surface area (Å²) < 4.78 is 13.9. The molecule has 0 amide bonds. The number of benzene rings is 3. The van der Waals surface area contributed by atoms with E-state index in [4.69, 9.17) is 44.3 Å². The normalized spacial score (nSPS) is 11.7. The molecule has 190 valence electrons. The van der Waals surface area contributed by atoms with Gasteiger partial charge in [0.15, 0.2) is 0 Å². The standard InChI is InChI=1S/C25H22Cl3N7O2/c1-15-29-25(35(34(15)2)23-21(27)13-16(26)14-22(23)28)24(32-30-17-5-9-19(36-3)10-6-17)33-31-18-7-11-20(37-4)12-8-18/h5-14H,1-4H3/p+1. The molecular weight excluding hydrogens is 537 g/mol. The van der Waals surface area contributed by atoms with E-state index in [1.54, 1.807) is 60.0 Å². The fourth-order valence-corrected chi connectivity index (χ4v) is 4.33. The van der Waals surface area contributed by atoms with Gasteiger partial charge in [-0.05, 0) is 65.6 Å². The Hall–Kier alpha value is -3.66. The minimum Gasteiger partial charge on any atom is -0.497 e. The topological polar surface area (TPSA) is 89.3 Å². The Balaban J connectivity index is 1.83. The van der Waals surface area contributed by atoms with Gasteiger partial charge in [-0.2, -0.15) is 4.68 Å². The second-order valence-electron chi connectivity index (χ2n) is 7.71. The number of nitrogens with one attached hydrogen (secondary N) is 1. The van der Waals surface area contributed by atoms with Crippen LogP contribution in [0.25, 0.3) is 5.69 Å². The molecule has 37 heavy (non-hydrogen) atoms. The minimum atomic E-state index is 0.178. The highest BCUT2D eigenvalue weighted by molar-refractivity contribution is 6.40. The minimum absolute atomic E-state index is 0.178. The molecule has 1 aromatic heterocycles. The number of hydrazone groups is 1. The Morgan fingerprint density at radius 1 is 0.919 bits per heavy atom. The van der Waals surface area contributed by atoms with Crippen molar-refractivity contribution in [3.05, 3.63) is 87.4 Å². The van der Waals surface area contributed by atoms with Crippen molar-refractivity contribution in [3.8, 4) is 17.2 Å². The molecule has 0 fully saturated rings. The number of hydrogen-bond acceptors (Lipinski definition) is 6. The SMILES string of the molecule is COc1ccc(N=NC(=NNc2ccc(OC)cc2)c2nc(C)[n+](C)n2-c2c(Cl)cc(Cl)cc2Cl)cc1. The van der Waals surface area contributed by atoms with Gasteiger partial charge in [0, 0.05) is 11.9 Å². The van der Waals surface area contributed by atoms with E-state index in [1.807, 2.05) is 38.2 Å². The lowest BCUT2D eigenvalue weighted by atomic mass is 10.3. The molecule has 0 aliphatic carbocycles. The molecule has 4 rings (SSSR count). The molecular formula is C25H23Cl3N7O2+. The largest absolute Gasteiger partial charge is 0.497 e. The summed E-state index contributed by atoms with van der Waals surface area (Å²) in [5, 5.41) is 14.4. The summed E-state index contributed by atoms with van der Waals surface area (Å²) in [6.45, 7) is 1.84. The monoisotopic (exact) mass is 558 g/mol. The van der Waals surface area contributed by atoms with E-state index >= 15 is 0 Å². The Morgan fingerprint density at radius 3 is 2.05 bits per heavy atom. The van der Waals surface area contributed by atoms with Crippen LogP contribution in [0.5, 0.6) is 11.5 Å². The first kappa shape index (κ1) is 26.4. The molecule has 0 spiro atoms. The predicted octanol–water partition coefficient (Wildman–Crippen LogP) is 6.54. The number of rotatable bonds is 7. The molecule has 0 bridgehead atoms. The third kappa shape index (κ3) is 6.02. The average molecular weight is 560 g/mol. The highest BCUT2D eigenvalue weighted by atomic mass is 35.5. The van der Waals surface area contributed by atoms with Gasteiger partial charge in [-0.3, -0.25) is 5.43 Å². The maximum absolute atomic E-state index is 6.57. The molecule has 1 heterocycles. The van der Waals surface area contributed by atoms with E-state index in [1.165, 1.54) is 0 Å². The lowest BCUT2D eigenvalue weighted by Gasteiger charge is -2.10. The first-order valence-corrected chi connectivity index (χ1v) is 12.1. The number of aromatic nitrogens is 3. The Kier molecular flexibility index (Phi) is 8.27. The van der Waals surface area contributed by atoms with Crippen LogP contribution in [0.4, 0.5) is 11.4 Å². The van der Waals surface area contributed by atoms with Crippen LogP contribution in [0.3, 0.4) is 0 Å². The number of anilines is 1. The lowest BCUT2D eigenvalue weighted by Crippen LogP contribution is -2.41. The molecule has 0 saturated carbocycles. The van der Waals surface area contributed by atoms with Gasteiger partial charge in [0.25, 0.3) is 5.84 Å². The zero-order valence-electron chi connectivity index (χ0n) is 20.4. The van der Waals surface area contributed by atoms with Crippen LogP contribution in [-0.2, 0) is 7.05 Å². The smallest absolute Gasteiger partial charge is 0.331 e. The molecule has 0 atom stereocenters. The van der Waals surface area contributed by atoms with E-state index < -0.39 is 0 Å². The summed E-state index contributed by atoms with van der Waals surface area (Å²) in [6.07, 6.45) is 0. The lowest BCUT2D eigenvalue weighted by molar-refractivity contribution is -0.750. The molecule has 1 N–H and O–H groups in total. The quantitative estimate of drug-likeness (QED) is 0.0915. The van der Waals surface area contributed by atoms with Crippen molar-refractivity contribution in [2.45, 2.75) is 6.92 Å². The molecule has 9 nitrogen and oxygen atoms in total. The summed E-state index contributed by atoms with van der Waals surface area (Å²) in [5.74, 6) is 2.62. The maximum atomic E-state index is 6.57. The van der Waals surface area contributed by atoms with Crippen molar-refractivity contribution in [2.24, 2.45) is 22.4 Å². The summed E-state index contributed by atoms with van der Waals surface area (Å²) in [6, 6.07) is 17.6. The summed E-state index contributed by atoms with van der Waals surface area (Å²) >= 11 is 19.3. The van der Waals surface area contributed by atoms with Gasteiger partial charge >= 0.3 is 11.6 Å². The van der Waals surface area contributed by atoms with E-state index in [0.717, 1.165) is 5.75 Å². The van der Waals surface area contributed by atoms with E-state index in [-0.39, 0.29) is 5.84 Å². The zero-order valence-corrected chi connectivity index (χ0v) is 22.7. The highest BCUT2D eigenvalue weighted by Gasteiger charge is 2.29. The Labute approximate surface area is 228 Å². The number of methoxy groups -OCH3 is 2. The van der Waals surface area contributed by atoms with Crippen LogP contribution in [0.15, 0.2) is 76.0 Å². The van der Waals surface area contributed by atoms with Crippen molar-refractivity contribution in [1.29, 1.82) is 0 Å². The van der Waals surface area contributed by atoms with Crippen molar-refractivity contribution in [1.82, 2.24) is 9.67 Å².